The minimum absolute atomic E-state index is 0.0584. The molecule has 0 saturated carbocycles. The number of nitrogens with one attached hydrogen (secondary N) is 1. The summed E-state index contributed by atoms with van der Waals surface area (Å²) in [5.41, 5.74) is 8.37. The Morgan fingerprint density at radius 3 is 2.36 bits per heavy atom. The molecule has 2 aromatic rings. The van der Waals surface area contributed by atoms with Gasteiger partial charge in [-0.2, -0.15) is 0 Å². The van der Waals surface area contributed by atoms with Crippen LogP contribution in [0.4, 0.5) is 5.69 Å². The van der Waals surface area contributed by atoms with Crippen LogP contribution in [0.15, 0.2) is 54.6 Å². The average molecular weight is 297 g/mol. The van der Waals surface area contributed by atoms with Gasteiger partial charge in [-0.05, 0) is 36.8 Å². The number of anilines is 1. The predicted octanol–water partition coefficient (Wildman–Crippen LogP) is 2.40. The molecule has 0 spiro atoms. The van der Waals surface area contributed by atoms with Crippen molar-refractivity contribution >= 4 is 11.6 Å². The summed E-state index contributed by atoms with van der Waals surface area (Å²) in [5.74, 6) is -0.0584. The van der Waals surface area contributed by atoms with Gasteiger partial charge in [0.15, 0.2) is 0 Å². The number of carbonyl (C=O) groups excluding carboxylic acids is 1. The Balaban J connectivity index is 1.89. The maximum absolute atomic E-state index is 12.1. The first-order valence-electron chi connectivity index (χ1n) is 7.47. The molecule has 1 unspecified atom stereocenters. The molecule has 0 aliphatic heterocycles. The molecule has 0 heterocycles. The number of nitrogens with two attached hydrogens (primary N) is 1. The third-order valence-electron chi connectivity index (χ3n) is 3.83. The van der Waals surface area contributed by atoms with E-state index in [2.05, 4.69) is 29.3 Å². The summed E-state index contributed by atoms with van der Waals surface area (Å²) >= 11 is 0. The zero-order chi connectivity index (χ0) is 15.9. The highest BCUT2D eigenvalue weighted by molar-refractivity contribution is 5.94. The summed E-state index contributed by atoms with van der Waals surface area (Å²) in [7, 11) is 2.03. The highest BCUT2D eigenvalue weighted by Gasteiger charge is 2.12. The maximum Gasteiger partial charge on any atom is 0.251 e. The van der Waals surface area contributed by atoms with E-state index in [1.54, 1.807) is 0 Å². The molecule has 0 saturated heterocycles. The first-order chi connectivity index (χ1) is 10.6. The fourth-order valence-electron chi connectivity index (χ4n) is 2.19. The molecule has 2 rings (SSSR count). The van der Waals surface area contributed by atoms with E-state index in [0.29, 0.717) is 18.7 Å². The number of amides is 1. The Morgan fingerprint density at radius 2 is 1.77 bits per heavy atom. The molecular formula is C18H23N3O. The molecular weight excluding hydrogens is 274 g/mol. The largest absolute Gasteiger partial charge is 0.370 e. The van der Waals surface area contributed by atoms with E-state index in [4.69, 9.17) is 5.73 Å². The molecule has 1 amide bonds. The van der Waals surface area contributed by atoms with Gasteiger partial charge in [-0.25, -0.2) is 0 Å². The van der Waals surface area contributed by atoms with Crippen LogP contribution in [0, 0.1) is 0 Å². The molecule has 1 atom stereocenters. The number of benzene rings is 2. The lowest BCUT2D eigenvalue weighted by atomic mass is 10.1. The molecule has 22 heavy (non-hydrogen) atoms. The van der Waals surface area contributed by atoms with Crippen molar-refractivity contribution < 1.29 is 4.79 Å². The third-order valence-corrected chi connectivity index (χ3v) is 3.83. The zero-order valence-electron chi connectivity index (χ0n) is 13.1. The van der Waals surface area contributed by atoms with Crippen LogP contribution in [0.1, 0.15) is 22.8 Å². The average Bonchev–Trinajstić information content (AvgIpc) is 2.59. The lowest BCUT2D eigenvalue weighted by Crippen LogP contribution is -2.40. The lowest BCUT2D eigenvalue weighted by Gasteiger charge is -2.27. The quantitative estimate of drug-likeness (QED) is 0.861. The van der Waals surface area contributed by atoms with Crippen LogP contribution < -0.4 is 16.0 Å². The number of hydrogen-bond acceptors (Lipinski definition) is 3. The Labute approximate surface area is 131 Å². The highest BCUT2D eigenvalue weighted by atomic mass is 16.1. The van der Waals surface area contributed by atoms with Gasteiger partial charge in [-0.1, -0.05) is 30.3 Å². The van der Waals surface area contributed by atoms with Gasteiger partial charge in [0, 0.05) is 37.4 Å². The molecule has 2 aromatic carbocycles. The van der Waals surface area contributed by atoms with Crippen LogP contribution in [-0.4, -0.2) is 25.5 Å². The van der Waals surface area contributed by atoms with Crippen molar-refractivity contribution in [3.63, 3.8) is 0 Å². The minimum atomic E-state index is -0.0584. The molecule has 4 heteroatoms. The normalized spacial score (nSPS) is 11.8. The molecule has 0 fully saturated rings. The van der Waals surface area contributed by atoms with E-state index in [9.17, 15) is 4.79 Å². The molecule has 0 radical (unpaired) electrons. The lowest BCUT2D eigenvalue weighted by molar-refractivity contribution is 0.0951. The van der Waals surface area contributed by atoms with Crippen LogP contribution in [0.3, 0.4) is 0 Å². The minimum Gasteiger partial charge on any atom is -0.370 e. The zero-order valence-corrected chi connectivity index (χ0v) is 13.1. The topological polar surface area (TPSA) is 58.4 Å². The maximum atomic E-state index is 12.1. The Bertz CT molecular complexity index is 595. The summed E-state index contributed by atoms with van der Waals surface area (Å²) in [6, 6.07) is 17.7. The smallest absolute Gasteiger partial charge is 0.251 e. The molecule has 0 bridgehead atoms. The van der Waals surface area contributed by atoms with E-state index in [0.717, 1.165) is 11.3 Å². The van der Waals surface area contributed by atoms with E-state index in [1.807, 2.05) is 49.5 Å². The summed E-state index contributed by atoms with van der Waals surface area (Å²) in [5, 5.41) is 2.98. The molecule has 0 aliphatic carbocycles. The van der Waals surface area contributed by atoms with Crippen molar-refractivity contribution in [2.45, 2.75) is 19.5 Å². The van der Waals surface area contributed by atoms with Gasteiger partial charge in [0.1, 0.15) is 0 Å². The second-order valence-electron chi connectivity index (χ2n) is 5.41. The van der Waals surface area contributed by atoms with Crippen molar-refractivity contribution in [3.8, 4) is 0 Å². The number of likely N-dealkylation sites (N-methyl/N-ethyl adjacent to an activating group) is 1. The Morgan fingerprint density at radius 1 is 1.14 bits per heavy atom. The number of carbonyl (C=O) groups is 1. The Hall–Kier alpha value is -2.33. The molecule has 3 N–H and O–H groups in total. The summed E-state index contributed by atoms with van der Waals surface area (Å²) < 4.78 is 0. The summed E-state index contributed by atoms with van der Waals surface area (Å²) in [6.45, 7) is 3.16. The second-order valence-corrected chi connectivity index (χ2v) is 5.41. The van der Waals surface area contributed by atoms with Gasteiger partial charge in [0.05, 0.1) is 0 Å². The van der Waals surface area contributed by atoms with Crippen molar-refractivity contribution in [2.75, 3.05) is 18.5 Å². The van der Waals surface area contributed by atoms with Gasteiger partial charge in [0.25, 0.3) is 5.91 Å². The van der Waals surface area contributed by atoms with Crippen LogP contribution in [-0.2, 0) is 6.54 Å². The summed E-state index contributed by atoms with van der Waals surface area (Å²) in [4.78, 5) is 14.3. The highest BCUT2D eigenvalue weighted by Crippen LogP contribution is 2.13. The van der Waals surface area contributed by atoms with Gasteiger partial charge in [0.2, 0.25) is 0 Å². The monoisotopic (exact) mass is 297 g/mol. The molecule has 4 nitrogen and oxygen atoms in total. The molecule has 0 aliphatic rings. The molecule has 116 valence electrons. The van der Waals surface area contributed by atoms with Crippen molar-refractivity contribution in [1.82, 2.24) is 5.32 Å². The van der Waals surface area contributed by atoms with Gasteiger partial charge in [-0.15, -0.1) is 0 Å². The SMILES string of the molecule is CC(CNC(=O)c1ccc(CN)cc1)N(C)c1ccccc1. The van der Waals surface area contributed by atoms with E-state index < -0.39 is 0 Å². The first-order valence-corrected chi connectivity index (χ1v) is 7.47. The summed E-state index contributed by atoms with van der Waals surface area (Å²) in [6.07, 6.45) is 0. The van der Waals surface area contributed by atoms with E-state index in [-0.39, 0.29) is 11.9 Å². The van der Waals surface area contributed by atoms with Crippen molar-refractivity contribution in [3.05, 3.63) is 65.7 Å². The number of hydrogen-bond donors (Lipinski definition) is 2. The molecule has 0 aromatic heterocycles. The fraction of sp³-hybridized carbons (Fsp3) is 0.278. The number of nitrogens with zero attached hydrogens (tertiary/aromatic N) is 1. The van der Waals surface area contributed by atoms with Gasteiger partial charge >= 0.3 is 0 Å². The van der Waals surface area contributed by atoms with Gasteiger partial charge < -0.3 is 16.0 Å². The van der Waals surface area contributed by atoms with Crippen molar-refractivity contribution in [2.24, 2.45) is 5.73 Å². The number of rotatable bonds is 6. The van der Waals surface area contributed by atoms with Gasteiger partial charge in [-0.3, -0.25) is 4.79 Å². The standard InChI is InChI=1S/C18H23N3O/c1-14(21(2)17-6-4-3-5-7-17)13-20-18(22)16-10-8-15(12-19)9-11-16/h3-11,14H,12-13,19H2,1-2H3,(H,20,22). The van der Waals surface area contributed by atoms with Crippen LogP contribution >= 0.6 is 0 Å². The predicted molar refractivity (Wildman–Crippen MR) is 91.0 cm³/mol. The van der Waals surface area contributed by atoms with Crippen LogP contribution in [0.2, 0.25) is 0 Å². The van der Waals surface area contributed by atoms with Crippen LogP contribution in [0.5, 0.6) is 0 Å². The van der Waals surface area contributed by atoms with E-state index in [1.165, 1.54) is 0 Å². The van der Waals surface area contributed by atoms with Crippen molar-refractivity contribution in [1.29, 1.82) is 0 Å². The number of para-hydroxylation sites is 1. The van der Waals surface area contributed by atoms with E-state index >= 15 is 0 Å². The second kappa shape index (κ2) is 7.61. The first kappa shape index (κ1) is 16.0. The fourth-order valence-corrected chi connectivity index (χ4v) is 2.19. The Kier molecular flexibility index (Phi) is 5.55. The third kappa shape index (κ3) is 4.09. The van der Waals surface area contributed by atoms with Crippen LogP contribution in [0.25, 0.3) is 0 Å².